The maximum Gasteiger partial charge on any atom is 0.490 e. The van der Waals surface area contributed by atoms with Gasteiger partial charge < -0.3 is 15.3 Å². The Kier molecular flexibility index (Phi) is 7.26. The quantitative estimate of drug-likeness (QED) is 0.693. The number of likely N-dealkylation sites (tertiary alicyclic amines) is 1. The fraction of sp³-hybridized carbons (Fsp3) is 0.364. The molecule has 176 valence electrons. The van der Waals surface area contributed by atoms with Crippen LogP contribution in [0.5, 0.6) is 0 Å². The molecule has 1 aromatic carbocycles. The van der Waals surface area contributed by atoms with Crippen LogP contribution in [0.4, 0.5) is 13.2 Å². The third-order valence-corrected chi connectivity index (χ3v) is 5.95. The number of alkyl halides is 3. The van der Waals surface area contributed by atoms with Crippen molar-refractivity contribution in [1.82, 2.24) is 15.2 Å². The zero-order valence-electron chi connectivity index (χ0n) is 17.3. The summed E-state index contributed by atoms with van der Waals surface area (Å²) in [6.07, 6.45) is 0.130. The summed E-state index contributed by atoms with van der Waals surface area (Å²) in [7, 11) is 0. The summed E-state index contributed by atoms with van der Waals surface area (Å²) in [5, 5.41) is 10.7. The van der Waals surface area contributed by atoms with Crippen LogP contribution in [-0.2, 0) is 16.1 Å². The van der Waals surface area contributed by atoms with E-state index in [4.69, 9.17) is 21.5 Å². The summed E-state index contributed by atoms with van der Waals surface area (Å²) < 4.78 is 31.7. The van der Waals surface area contributed by atoms with Gasteiger partial charge in [-0.1, -0.05) is 17.7 Å². The van der Waals surface area contributed by atoms with Gasteiger partial charge in [0, 0.05) is 53.9 Å². The van der Waals surface area contributed by atoms with Crippen molar-refractivity contribution < 1.29 is 32.7 Å². The van der Waals surface area contributed by atoms with Crippen molar-refractivity contribution in [3.05, 3.63) is 64.9 Å². The molecule has 1 aliphatic heterocycles. The van der Waals surface area contributed by atoms with E-state index in [-0.39, 0.29) is 23.1 Å². The van der Waals surface area contributed by atoms with E-state index in [0.717, 1.165) is 18.4 Å². The molecule has 1 saturated heterocycles. The third-order valence-electron chi connectivity index (χ3n) is 5.70. The Labute approximate surface area is 192 Å². The van der Waals surface area contributed by atoms with E-state index < -0.39 is 12.1 Å². The summed E-state index contributed by atoms with van der Waals surface area (Å²) in [4.78, 5) is 39.9. The number of aromatic nitrogens is 1. The molecule has 1 aromatic heterocycles. The largest absolute Gasteiger partial charge is 0.490 e. The maximum absolute atomic E-state index is 12.6. The molecule has 2 N–H and O–H groups in total. The van der Waals surface area contributed by atoms with Crippen LogP contribution in [0.3, 0.4) is 0 Å². The molecule has 1 aliphatic carbocycles. The minimum absolute atomic E-state index is 0.00203. The number of amides is 2. The van der Waals surface area contributed by atoms with E-state index in [2.05, 4.69) is 10.3 Å². The van der Waals surface area contributed by atoms with Crippen molar-refractivity contribution in [2.75, 3.05) is 13.1 Å². The van der Waals surface area contributed by atoms with E-state index in [1.54, 1.807) is 36.7 Å². The number of nitrogens with zero attached hydrogens (tertiary/aromatic N) is 2. The van der Waals surface area contributed by atoms with Gasteiger partial charge in [0.1, 0.15) is 0 Å². The average Bonchev–Trinajstić information content (AvgIpc) is 3.32. The molecular formula is C22H21ClF3N3O4. The van der Waals surface area contributed by atoms with Crippen LogP contribution in [0.15, 0.2) is 48.8 Å². The molecule has 2 aliphatic rings. The lowest BCUT2D eigenvalue weighted by Gasteiger charge is -2.17. The Bertz CT molecular complexity index is 1020. The number of pyridine rings is 1. The molecule has 1 saturated carbocycles. The van der Waals surface area contributed by atoms with Gasteiger partial charge in [-0.25, -0.2) is 4.79 Å². The van der Waals surface area contributed by atoms with Crippen LogP contribution < -0.4 is 5.32 Å². The molecule has 4 rings (SSSR count). The highest BCUT2D eigenvalue weighted by Crippen LogP contribution is 2.58. The first-order chi connectivity index (χ1) is 15.5. The Balaban J connectivity index is 0.000000383. The highest BCUT2D eigenvalue weighted by atomic mass is 35.5. The summed E-state index contributed by atoms with van der Waals surface area (Å²) in [6.45, 7) is 1.85. The van der Waals surface area contributed by atoms with Crippen molar-refractivity contribution >= 4 is 29.4 Å². The Morgan fingerprint density at radius 2 is 1.88 bits per heavy atom. The SMILES string of the molecule is O=C(NCc1cccnc1)C1CC12CCN(C(=O)c1ccc(Cl)cc1)C2.O=C(O)C(F)(F)F. The number of rotatable bonds is 4. The number of halogens is 4. The van der Waals surface area contributed by atoms with E-state index in [0.29, 0.717) is 30.2 Å². The molecule has 11 heteroatoms. The smallest absolute Gasteiger partial charge is 0.475 e. The van der Waals surface area contributed by atoms with Crippen LogP contribution in [0.2, 0.25) is 5.02 Å². The number of hydrogen-bond acceptors (Lipinski definition) is 4. The fourth-order valence-electron chi connectivity index (χ4n) is 3.83. The summed E-state index contributed by atoms with van der Waals surface area (Å²) in [5.41, 5.74) is 1.59. The van der Waals surface area contributed by atoms with E-state index >= 15 is 0 Å². The molecule has 0 radical (unpaired) electrons. The number of aliphatic carboxylic acids is 1. The number of carbonyl (C=O) groups excluding carboxylic acids is 2. The number of nitrogens with one attached hydrogen (secondary N) is 1. The number of carboxylic acid groups (broad SMARTS) is 1. The van der Waals surface area contributed by atoms with Crippen LogP contribution >= 0.6 is 11.6 Å². The summed E-state index contributed by atoms with van der Waals surface area (Å²) >= 11 is 5.89. The molecule has 1 spiro atoms. The Hall–Kier alpha value is -3.14. The normalized spacial score (nSPS) is 21.2. The summed E-state index contributed by atoms with van der Waals surface area (Å²) in [6, 6.07) is 10.8. The minimum Gasteiger partial charge on any atom is -0.475 e. The predicted molar refractivity (Wildman–Crippen MR) is 112 cm³/mol. The van der Waals surface area contributed by atoms with E-state index in [9.17, 15) is 22.8 Å². The van der Waals surface area contributed by atoms with Crippen molar-refractivity contribution in [2.45, 2.75) is 25.6 Å². The average molecular weight is 484 g/mol. The summed E-state index contributed by atoms with van der Waals surface area (Å²) in [5.74, 6) is -2.66. The number of hydrogen-bond donors (Lipinski definition) is 2. The van der Waals surface area contributed by atoms with Crippen LogP contribution in [0, 0.1) is 11.3 Å². The second-order valence-corrected chi connectivity index (χ2v) is 8.42. The first-order valence-electron chi connectivity index (χ1n) is 10.0. The van der Waals surface area contributed by atoms with E-state index in [1.807, 2.05) is 17.0 Å². The highest BCUT2D eigenvalue weighted by Gasteiger charge is 2.61. The molecule has 2 aromatic rings. The lowest BCUT2D eigenvalue weighted by Crippen LogP contribution is -2.31. The zero-order chi connectivity index (χ0) is 24.2. The minimum atomic E-state index is -5.08. The molecule has 0 bridgehead atoms. The third kappa shape index (κ3) is 6.22. The van der Waals surface area contributed by atoms with Crippen molar-refractivity contribution in [2.24, 2.45) is 11.3 Å². The van der Waals surface area contributed by atoms with Gasteiger partial charge in [-0.05, 0) is 48.7 Å². The van der Waals surface area contributed by atoms with Gasteiger partial charge in [-0.15, -0.1) is 0 Å². The van der Waals surface area contributed by atoms with Gasteiger partial charge in [0.05, 0.1) is 0 Å². The lowest BCUT2D eigenvalue weighted by molar-refractivity contribution is -0.192. The van der Waals surface area contributed by atoms with Gasteiger partial charge in [0.15, 0.2) is 0 Å². The number of benzene rings is 1. The van der Waals surface area contributed by atoms with Gasteiger partial charge in [-0.2, -0.15) is 13.2 Å². The second kappa shape index (κ2) is 9.78. The maximum atomic E-state index is 12.6. The molecular weight excluding hydrogens is 463 g/mol. The predicted octanol–water partition coefficient (Wildman–Crippen LogP) is 3.54. The second-order valence-electron chi connectivity index (χ2n) is 7.98. The van der Waals surface area contributed by atoms with Crippen molar-refractivity contribution in [1.29, 1.82) is 0 Å². The number of carbonyl (C=O) groups is 3. The first kappa shape index (κ1) is 24.5. The molecule has 2 amide bonds. The molecule has 2 fully saturated rings. The zero-order valence-corrected chi connectivity index (χ0v) is 18.1. The lowest BCUT2D eigenvalue weighted by atomic mass is 10.0. The van der Waals surface area contributed by atoms with Crippen LogP contribution in [-0.4, -0.2) is 52.0 Å². The molecule has 2 atom stereocenters. The van der Waals surface area contributed by atoms with Crippen LogP contribution in [0.1, 0.15) is 28.8 Å². The standard InChI is InChI=1S/C20H20ClN3O2.C2HF3O2/c21-16-5-3-15(4-6-16)19(26)24-9-7-20(13-24)10-17(20)18(25)23-12-14-2-1-8-22-11-14;3-2(4,5)1(6)7/h1-6,8,11,17H,7,9-10,12-13H2,(H,23,25);(H,6,7). The van der Waals surface area contributed by atoms with E-state index in [1.165, 1.54) is 0 Å². The number of carboxylic acids is 1. The van der Waals surface area contributed by atoms with Gasteiger partial charge in [0.2, 0.25) is 5.91 Å². The van der Waals surface area contributed by atoms with Crippen LogP contribution in [0.25, 0.3) is 0 Å². The van der Waals surface area contributed by atoms with Crippen molar-refractivity contribution in [3.63, 3.8) is 0 Å². The molecule has 33 heavy (non-hydrogen) atoms. The van der Waals surface area contributed by atoms with Crippen molar-refractivity contribution in [3.8, 4) is 0 Å². The van der Waals surface area contributed by atoms with Gasteiger partial charge >= 0.3 is 12.1 Å². The molecule has 2 heterocycles. The fourth-order valence-corrected chi connectivity index (χ4v) is 3.95. The highest BCUT2D eigenvalue weighted by molar-refractivity contribution is 6.30. The van der Waals surface area contributed by atoms with Gasteiger partial charge in [0.25, 0.3) is 5.91 Å². The van der Waals surface area contributed by atoms with Gasteiger partial charge in [-0.3, -0.25) is 14.6 Å². The first-order valence-corrected chi connectivity index (χ1v) is 10.4. The molecule has 7 nitrogen and oxygen atoms in total. The Morgan fingerprint density at radius 3 is 2.45 bits per heavy atom. The monoisotopic (exact) mass is 483 g/mol. The molecule has 2 unspecified atom stereocenters. The Morgan fingerprint density at radius 1 is 1.21 bits per heavy atom. The topological polar surface area (TPSA) is 99.6 Å².